The van der Waals surface area contributed by atoms with Crippen molar-refractivity contribution in [3.8, 4) is 0 Å². The van der Waals surface area contributed by atoms with Crippen LogP contribution >= 0.6 is 0 Å². The number of halogens is 5. The van der Waals surface area contributed by atoms with E-state index in [0.29, 0.717) is 6.92 Å². The van der Waals surface area contributed by atoms with E-state index in [0.717, 1.165) is 0 Å². The molecule has 0 spiro atoms. The van der Waals surface area contributed by atoms with Crippen LogP contribution in [0.3, 0.4) is 0 Å². The first-order chi connectivity index (χ1) is 5.22. The third kappa shape index (κ3) is 1.27. The highest BCUT2D eigenvalue weighted by Crippen LogP contribution is 2.48. The summed E-state index contributed by atoms with van der Waals surface area (Å²) in [5, 5.41) is 0. The van der Waals surface area contributed by atoms with Gasteiger partial charge in [0.15, 0.2) is 0 Å². The second kappa shape index (κ2) is 2.29. The Labute approximate surface area is 64.2 Å². The maximum Gasteiger partial charge on any atom is 0.450 e. The van der Waals surface area contributed by atoms with E-state index < -0.39 is 24.7 Å². The summed E-state index contributed by atoms with van der Waals surface area (Å²) in [5.74, 6) is -2.56. The number of alkyl halides is 5. The lowest BCUT2D eigenvalue weighted by Gasteiger charge is -2.16. The molecule has 1 aliphatic heterocycles. The Morgan fingerprint density at radius 1 is 1.00 bits per heavy atom. The molecule has 0 saturated carbocycles. The standard InChI is InChI=1S/C5H5F5O2/c1-3(2-6)11-4(7,8)5(9,10)12-3/h2H2,1H3. The molecule has 72 valence electrons. The molecule has 0 unspecified atom stereocenters. The first-order valence-electron chi connectivity index (χ1n) is 2.94. The Bertz CT molecular complexity index is 176. The maximum atomic E-state index is 12.1. The van der Waals surface area contributed by atoms with Gasteiger partial charge in [0.05, 0.1) is 0 Å². The van der Waals surface area contributed by atoms with Gasteiger partial charge in [-0.3, -0.25) is 9.47 Å². The average molecular weight is 192 g/mol. The van der Waals surface area contributed by atoms with Gasteiger partial charge >= 0.3 is 12.2 Å². The maximum absolute atomic E-state index is 12.1. The largest absolute Gasteiger partial charge is 0.450 e. The molecule has 0 aliphatic carbocycles. The third-order valence-electron chi connectivity index (χ3n) is 1.27. The smallest absolute Gasteiger partial charge is 0.278 e. The van der Waals surface area contributed by atoms with Crippen LogP contribution in [-0.2, 0) is 9.47 Å². The van der Waals surface area contributed by atoms with Crippen molar-refractivity contribution in [2.45, 2.75) is 24.9 Å². The summed E-state index contributed by atoms with van der Waals surface area (Å²) in [5.41, 5.74) is 0. The van der Waals surface area contributed by atoms with Crippen LogP contribution < -0.4 is 0 Å². The van der Waals surface area contributed by atoms with Crippen LogP contribution in [0.5, 0.6) is 0 Å². The van der Waals surface area contributed by atoms with E-state index in [1.54, 1.807) is 0 Å². The molecule has 12 heavy (non-hydrogen) atoms. The SMILES string of the molecule is CC1(CF)OC(F)(F)C(F)(F)O1. The van der Waals surface area contributed by atoms with Gasteiger partial charge in [0.1, 0.15) is 6.67 Å². The molecule has 0 atom stereocenters. The van der Waals surface area contributed by atoms with E-state index in [1.807, 2.05) is 0 Å². The number of rotatable bonds is 1. The first-order valence-corrected chi connectivity index (χ1v) is 2.94. The zero-order chi connectivity index (χ0) is 9.62. The number of ether oxygens (including phenoxy) is 2. The lowest BCUT2D eigenvalue weighted by molar-refractivity contribution is -0.344. The summed E-state index contributed by atoms with van der Waals surface area (Å²) in [6.07, 6.45) is -9.54. The molecule has 0 aromatic rings. The fraction of sp³-hybridized carbons (Fsp3) is 1.00. The summed E-state index contributed by atoms with van der Waals surface area (Å²) in [7, 11) is 0. The van der Waals surface area contributed by atoms with Gasteiger partial charge in [-0.1, -0.05) is 0 Å². The van der Waals surface area contributed by atoms with E-state index in [1.165, 1.54) is 0 Å². The first kappa shape index (κ1) is 9.66. The van der Waals surface area contributed by atoms with Gasteiger partial charge in [-0.05, 0) is 6.92 Å². The second-order valence-corrected chi connectivity index (χ2v) is 2.51. The zero-order valence-corrected chi connectivity index (χ0v) is 5.91. The molecule has 2 nitrogen and oxygen atoms in total. The summed E-state index contributed by atoms with van der Waals surface area (Å²) in [4.78, 5) is 0. The molecule has 7 heteroatoms. The average Bonchev–Trinajstić information content (AvgIpc) is 1.99. The van der Waals surface area contributed by atoms with Gasteiger partial charge in [0.25, 0.3) is 0 Å². The molecule has 0 aromatic heterocycles. The predicted molar refractivity (Wildman–Crippen MR) is 26.4 cm³/mol. The lowest BCUT2D eigenvalue weighted by atomic mass is 10.4. The summed E-state index contributed by atoms with van der Waals surface area (Å²) in [6.45, 7) is -0.903. The van der Waals surface area contributed by atoms with Crippen molar-refractivity contribution in [1.82, 2.24) is 0 Å². The fourth-order valence-electron chi connectivity index (χ4n) is 0.737. The van der Waals surface area contributed by atoms with Crippen LogP contribution in [0.15, 0.2) is 0 Å². The summed E-state index contributed by atoms with van der Waals surface area (Å²) < 4.78 is 67.3. The van der Waals surface area contributed by atoms with E-state index in [2.05, 4.69) is 9.47 Å². The molecule has 0 aromatic carbocycles. The molecule has 0 amide bonds. The highest BCUT2D eigenvalue weighted by molar-refractivity contribution is 4.81. The molecule has 1 fully saturated rings. The molecule has 0 bridgehead atoms. The minimum atomic E-state index is -4.77. The zero-order valence-electron chi connectivity index (χ0n) is 5.91. The van der Waals surface area contributed by atoms with Crippen LogP contribution in [0.25, 0.3) is 0 Å². The minimum Gasteiger partial charge on any atom is -0.278 e. The Kier molecular flexibility index (Phi) is 1.84. The molecule has 0 radical (unpaired) electrons. The predicted octanol–water partition coefficient (Wildman–Crippen LogP) is 1.90. The van der Waals surface area contributed by atoms with Gasteiger partial charge in [-0.15, -0.1) is 0 Å². The van der Waals surface area contributed by atoms with Crippen molar-refractivity contribution >= 4 is 0 Å². The van der Waals surface area contributed by atoms with E-state index in [4.69, 9.17) is 0 Å². The van der Waals surface area contributed by atoms with E-state index in [-0.39, 0.29) is 0 Å². The Morgan fingerprint density at radius 3 is 1.50 bits per heavy atom. The van der Waals surface area contributed by atoms with Crippen molar-refractivity contribution in [2.75, 3.05) is 6.67 Å². The quantitative estimate of drug-likeness (QED) is 0.590. The lowest BCUT2D eigenvalue weighted by Crippen LogP contribution is -2.36. The van der Waals surface area contributed by atoms with Gasteiger partial charge in [-0.2, -0.15) is 17.6 Å². The highest BCUT2D eigenvalue weighted by Gasteiger charge is 2.71. The molecule has 1 rings (SSSR count). The van der Waals surface area contributed by atoms with E-state index >= 15 is 0 Å². The van der Waals surface area contributed by atoms with Crippen LogP contribution in [-0.4, -0.2) is 24.7 Å². The van der Waals surface area contributed by atoms with Crippen LogP contribution in [0.4, 0.5) is 22.0 Å². The number of hydrogen-bond acceptors (Lipinski definition) is 2. The van der Waals surface area contributed by atoms with Gasteiger partial charge in [0.2, 0.25) is 5.79 Å². The molecular weight excluding hydrogens is 187 g/mol. The molecule has 1 heterocycles. The molecule has 1 saturated heterocycles. The van der Waals surface area contributed by atoms with Crippen molar-refractivity contribution < 1.29 is 31.4 Å². The normalized spacial score (nSPS) is 30.5. The van der Waals surface area contributed by atoms with Crippen molar-refractivity contribution in [2.24, 2.45) is 0 Å². The Balaban J connectivity index is 2.88. The van der Waals surface area contributed by atoms with Crippen molar-refractivity contribution in [1.29, 1.82) is 0 Å². The van der Waals surface area contributed by atoms with Crippen molar-refractivity contribution in [3.05, 3.63) is 0 Å². The molecule has 0 N–H and O–H groups in total. The molecule has 1 aliphatic rings. The second-order valence-electron chi connectivity index (χ2n) is 2.51. The number of hydrogen-bond donors (Lipinski definition) is 0. The van der Waals surface area contributed by atoms with Gasteiger partial charge < -0.3 is 0 Å². The summed E-state index contributed by atoms with van der Waals surface area (Å²) in [6, 6.07) is 0. The Hall–Kier alpha value is -0.430. The molecular formula is C5H5F5O2. The van der Waals surface area contributed by atoms with Gasteiger partial charge in [-0.25, -0.2) is 4.39 Å². The summed E-state index contributed by atoms with van der Waals surface area (Å²) >= 11 is 0. The highest BCUT2D eigenvalue weighted by atomic mass is 19.3. The van der Waals surface area contributed by atoms with E-state index in [9.17, 15) is 22.0 Å². The monoisotopic (exact) mass is 192 g/mol. The van der Waals surface area contributed by atoms with Crippen LogP contribution in [0.1, 0.15) is 6.92 Å². The van der Waals surface area contributed by atoms with Crippen molar-refractivity contribution in [3.63, 3.8) is 0 Å². The van der Waals surface area contributed by atoms with Gasteiger partial charge in [0, 0.05) is 0 Å². The Morgan fingerprint density at radius 2 is 1.33 bits per heavy atom. The fourth-order valence-corrected chi connectivity index (χ4v) is 0.737. The third-order valence-corrected chi connectivity index (χ3v) is 1.27. The topological polar surface area (TPSA) is 18.5 Å². The van der Waals surface area contributed by atoms with Crippen LogP contribution in [0.2, 0.25) is 0 Å². The van der Waals surface area contributed by atoms with Crippen LogP contribution in [0, 0.1) is 0 Å². The minimum absolute atomic E-state index is 0.668.